The van der Waals surface area contributed by atoms with Gasteiger partial charge in [-0.2, -0.15) is 0 Å². The van der Waals surface area contributed by atoms with E-state index >= 15 is 0 Å². The number of aliphatic carboxylic acids is 1. The van der Waals surface area contributed by atoms with Gasteiger partial charge in [0.25, 0.3) is 0 Å². The van der Waals surface area contributed by atoms with Crippen molar-refractivity contribution in [3.63, 3.8) is 0 Å². The smallest absolute Gasteiger partial charge is 0.311 e. The minimum absolute atomic E-state index is 0.0773. The lowest BCUT2D eigenvalue weighted by molar-refractivity contribution is -0.142. The van der Waals surface area contributed by atoms with Crippen LogP contribution < -0.4 is 4.74 Å². The van der Waals surface area contributed by atoms with Crippen molar-refractivity contribution in [3.8, 4) is 5.75 Å². The fourth-order valence-corrected chi connectivity index (χ4v) is 2.76. The standard InChI is InChI=1S/C15H18ClNO4/c1-21-13-5-4-10(16)8-11(13)12(15(19)20)9-14(18)17-6-2-3-7-17/h4-5,8,12H,2-3,6-7,9H2,1H3,(H,19,20). The largest absolute Gasteiger partial charge is 0.496 e. The van der Waals surface area contributed by atoms with Crippen LogP contribution in [0.25, 0.3) is 0 Å². The number of ether oxygens (including phenoxy) is 1. The van der Waals surface area contributed by atoms with E-state index in [1.54, 1.807) is 23.1 Å². The second-order valence-corrected chi connectivity index (χ2v) is 5.51. The van der Waals surface area contributed by atoms with Crippen LogP contribution in [0.4, 0.5) is 0 Å². The van der Waals surface area contributed by atoms with E-state index < -0.39 is 11.9 Å². The molecule has 114 valence electrons. The molecular formula is C15H18ClNO4. The third-order valence-corrected chi connectivity index (χ3v) is 3.94. The molecule has 6 heteroatoms. The van der Waals surface area contributed by atoms with Crippen LogP contribution in [0, 0.1) is 0 Å². The maximum Gasteiger partial charge on any atom is 0.311 e. The number of rotatable bonds is 5. The first kappa shape index (κ1) is 15.6. The molecule has 1 atom stereocenters. The van der Waals surface area contributed by atoms with Gasteiger partial charge in [0, 0.05) is 30.1 Å². The number of nitrogens with zero attached hydrogens (tertiary/aromatic N) is 1. The molecule has 1 aliphatic rings. The van der Waals surface area contributed by atoms with Gasteiger partial charge in [-0.05, 0) is 31.0 Å². The van der Waals surface area contributed by atoms with Crippen molar-refractivity contribution >= 4 is 23.5 Å². The van der Waals surface area contributed by atoms with Crippen LogP contribution in [0.3, 0.4) is 0 Å². The van der Waals surface area contributed by atoms with E-state index in [9.17, 15) is 14.7 Å². The number of carbonyl (C=O) groups is 2. The lowest BCUT2D eigenvalue weighted by atomic mass is 9.94. The Hall–Kier alpha value is -1.75. The van der Waals surface area contributed by atoms with E-state index in [2.05, 4.69) is 0 Å². The van der Waals surface area contributed by atoms with E-state index in [1.165, 1.54) is 7.11 Å². The van der Waals surface area contributed by atoms with E-state index in [4.69, 9.17) is 16.3 Å². The van der Waals surface area contributed by atoms with E-state index in [-0.39, 0.29) is 12.3 Å². The highest BCUT2D eigenvalue weighted by atomic mass is 35.5. The number of carboxylic acid groups (broad SMARTS) is 1. The van der Waals surface area contributed by atoms with Crippen molar-refractivity contribution in [1.82, 2.24) is 4.90 Å². The molecule has 1 N–H and O–H groups in total. The number of amides is 1. The Morgan fingerprint density at radius 3 is 2.62 bits per heavy atom. The van der Waals surface area contributed by atoms with Crippen LogP contribution in [0.5, 0.6) is 5.75 Å². The van der Waals surface area contributed by atoms with Gasteiger partial charge in [0.1, 0.15) is 5.75 Å². The molecule has 1 unspecified atom stereocenters. The van der Waals surface area contributed by atoms with Crippen molar-refractivity contribution < 1.29 is 19.4 Å². The second-order valence-electron chi connectivity index (χ2n) is 5.07. The predicted octanol–water partition coefficient (Wildman–Crippen LogP) is 2.53. The summed E-state index contributed by atoms with van der Waals surface area (Å²) >= 11 is 5.94. The zero-order valence-corrected chi connectivity index (χ0v) is 12.6. The second kappa shape index (κ2) is 6.80. The molecule has 0 saturated carbocycles. The van der Waals surface area contributed by atoms with Gasteiger partial charge in [0.2, 0.25) is 5.91 Å². The van der Waals surface area contributed by atoms with E-state index in [0.717, 1.165) is 12.8 Å². The van der Waals surface area contributed by atoms with Gasteiger partial charge < -0.3 is 14.7 Å². The molecule has 1 aromatic rings. The summed E-state index contributed by atoms with van der Waals surface area (Å²) in [7, 11) is 1.47. The fraction of sp³-hybridized carbons (Fsp3) is 0.467. The summed E-state index contributed by atoms with van der Waals surface area (Å²) in [4.78, 5) is 25.5. The van der Waals surface area contributed by atoms with Crippen molar-refractivity contribution in [2.75, 3.05) is 20.2 Å². The van der Waals surface area contributed by atoms with Gasteiger partial charge >= 0.3 is 5.97 Å². The minimum Gasteiger partial charge on any atom is -0.496 e. The van der Waals surface area contributed by atoms with Gasteiger partial charge in [-0.15, -0.1) is 0 Å². The first-order valence-electron chi connectivity index (χ1n) is 6.87. The first-order chi connectivity index (χ1) is 10.0. The van der Waals surface area contributed by atoms with Crippen molar-refractivity contribution in [2.45, 2.75) is 25.2 Å². The lowest BCUT2D eigenvalue weighted by Gasteiger charge is -2.20. The SMILES string of the molecule is COc1ccc(Cl)cc1C(CC(=O)N1CCCC1)C(=O)O. The average molecular weight is 312 g/mol. The Morgan fingerprint density at radius 2 is 2.05 bits per heavy atom. The Bertz CT molecular complexity index is 540. The van der Waals surface area contributed by atoms with E-state index in [0.29, 0.717) is 29.4 Å². The first-order valence-corrected chi connectivity index (χ1v) is 7.24. The molecule has 1 fully saturated rings. The topological polar surface area (TPSA) is 66.8 Å². The summed E-state index contributed by atoms with van der Waals surface area (Å²) in [5, 5.41) is 9.88. The normalized spacial score (nSPS) is 15.8. The molecule has 1 heterocycles. The highest BCUT2D eigenvalue weighted by molar-refractivity contribution is 6.30. The molecule has 21 heavy (non-hydrogen) atoms. The van der Waals surface area contributed by atoms with Crippen LogP contribution >= 0.6 is 11.6 Å². The van der Waals surface area contributed by atoms with Gasteiger partial charge in [0.15, 0.2) is 0 Å². The molecule has 1 aliphatic heterocycles. The van der Waals surface area contributed by atoms with Crippen LogP contribution in [0.2, 0.25) is 5.02 Å². The molecular weight excluding hydrogens is 294 g/mol. The lowest BCUT2D eigenvalue weighted by Crippen LogP contribution is -2.30. The van der Waals surface area contributed by atoms with Gasteiger partial charge in [-0.3, -0.25) is 9.59 Å². The fourth-order valence-electron chi connectivity index (χ4n) is 2.58. The summed E-state index contributed by atoms with van der Waals surface area (Å²) in [5.41, 5.74) is 0.435. The number of carboxylic acids is 1. The highest BCUT2D eigenvalue weighted by Gasteiger charge is 2.29. The summed E-state index contributed by atoms with van der Waals surface area (Å²) in [6.45, 7) is 1.41. The predicted molar refractivity (Wildman–Crippen MR) is 78.8 cm³/mol. The third-order valence-electron chi connectivity index (χ3n) is 3.70. The molecule has 1 amide bonds. The van der Waals surface area contributed by atoms with Crippen LogP contribution in [-0.4, -0.2) is 42.1 Å². The Labute approximate surface area is 128 Å². The number of likely N-dealkylation sites (tertiary alicyclic amines) is 1. The van der Waals surface area contributed by atoms with Crippen LogP contribution in [0.1, 0.15) is 30.7 Å². The summed E-state index contributed by atoms with van der Waals surface area (Å²) in [6, 6.07) is 4.80. The Morgan fingerprint density at radius 1 is 1.38 bits per heavy atom. The Kier molecular flexibility index (Phi) is 5.07. The summed E-state index contributed by atoms with van der Waals surface area (Å²) in [6.07, 6.45) is 1.87. The molecule has 0 spiro atoms. The number of benzene rings is 1. The number of hydrogen-bond donors (Lipinski definition) is 1. The zero-order chi connectivity index (χ0) is 15.4. The number of carbonyl (C=O) groups excluding carboxylic acids is 1. The third kappa shape index (κ3) is 3.67. The maximum absolute atomic E-state index is 12.2. The molecule has 0 radical (unpaired) electrons. The van der Waals surface area contributed by atoms with Gasteiger partial charge in [0.05, 0.1) is 13.0 Å². The molecule has 0 bridgehead atoms. The zero-order valence-electron chi connectivity index (χ0n) is 11.8. The molecule has 0 aromatic heterocycles. The highest BCUT2D eigenvalue weighted by Crippen LogP contribution is 2.32. The van der Waals surface area contributed by atoms with Crippen LogP contribution in [-0.2, 0) is 9.59 Å². The van der Waals surface area contributed by atoms with Crippen molar-refractivity contribution in [2.24, 2.45) is 0 Å². The molecule has 2 rings (SSSR count). The van der Waals surface area contributed by atoms with Gasteiger partial charge in [-0.25, -0.2) is 0 Å². The Balaban J connectivity index is 2.24. The molecule has 1 aromatic carbocycles. The monoisotopic (exact) mass is 311 g/mol. The van der Waals surface area contributed by atoms with Crippen molar-refractivity contribution in [1.29, 1.82) is 0 Å². The minimum atomic E-state index is -1.05. The van der Waals surface area contributed by atoms with Crippen molar-refractivity contribution in [3.05, 3.63) is 28.8 Å². The van der Waals surface area contributed by atoms with Crippen LogP contribution in [0.15, 0.2) is 18.2 Å². The average Bonchev–Trinajstić information content (AvgIpc) is 2.98. The maximum atomic E-state index is 12.2. The molecule has 1 saturated heterocycles. The summed E-state index contributed by atoms with van der Waals surface area (Å²) in [5.74, 6) is -1.71. The number of hydrogen-bond acceptors (Lipinski definition) is 3. The molecule has 5 nitrogen and oxygen atoms in total. The quantitative estimate of drug-likeness (QED) is 0.907. The van der Waals surface area contributed by atoms with Gasteiger partial charge in [-0.1, -0.05) is 11.6 Å². The number of halogens is 1. The number of methoxy groups -OCH3 is 1. The summed E-state index contributed by atoms with van der Waals surface area (Å²) < 4.78 is 5.19. The van der Waals surface area contributed by atoms with E-state index in [1.807, 2.05) is 0 Å². The molecule has 0 aliphatic carbocycles.